The Morgan fingerprint density at radius 3 is 2.39 bits per heavy atom. The third-order valence-corrected chi connectivity index (χ3v) is 6.03. The molecule has 0 spiro atoms. The second kappa shape index (κ2) is 5.82. The van der Waals surface area contributed by atoms with E-state index in [9.17, 15) is 4.79 Å². The summed E-state index contributed by atoms with van der Waals surface area (Å²) < 4.78 is 0. The standard InChI is InChI=1S/C19H27N3O/c20-5-4-13-2-1-3-17(9-13)21-18(23)22-19-10-14-6-15(11-19)8-16(7-14)12-19/h1-3,9,14-16H,4-8,10-12,20H2,(H2,21,22,23). The van der Waals surface area contributed by atoms with Gasteiger partial charge >= 0.3 is 6.03 Å². The normalized spacial score (nSPS) is 34.4. The third kappa shape index (κ3) is 3.09. The summed E-state index contributed by atoms with van der Waals surface area (Å²) in [5.41, 5.74) is 7.70. The van der Waals surface area contributed by atoms with Crippen molar-refractivity contribution < 1.29 is 4.79 Å². The Kier molecular flexibility index (Phi) is 3.80. The maximum absolute atomic E-state index is 12.5. The van der Waals surface area contributed by atoms with E-state index in [4.69, 9.17) is 5.73 Å². The van der Waals surface area contributed by atoms with E-state index >= 15 is 0 Å². The minimum Gasteiger partial charge on any atom is -0.332 e. The van der Waals surface area contributed by atoms with Crippen molar-refractivity contribution in [1.29, 1.82) is 0 Å². The van der Waals surface area contributed by atoms with Crippen molar-refractivity contribution in [2.45, 2.75) is 50.5 Å². The summed E-state index contributed by atoms with van der Waals surface area (Å²) in [6.45, 7) is 0.628. The Balaban J connectivity index is 1.41. The maximum Gasteiger partial charge on any atom is 0.319 e. The molecule has 1 aromatic carbocycles. The van der Waals surface area contributed by atoms with Gasteiger partial charge in [0.25, 0.3) is 0 Å². The zero-order valence-electron chi connectivity index (χ0n) is 13.7. The van der Waals surface area contributed by atoms with Crippen molar-refractivity contribution >= 4 is 11.7 Å². The number of anilines is 1. The van der Waals surface area contributed by atoms with Crippen LogP contribution in [0.1, 0.15) is 44.1 Å². The predicted molar refractivity (Wildman–Crippen MR) is 92.3 cm³/mol. The van der Waals surface area contributed by atoms with Crippen LogP contribution >= 0.6 is 0 Å². The molecule has 4 aliphatic carbocycles. The van der Waals surface area contributed by atoms with Crippen LogP contribution in [-0.2, 0) is 6.42 Å². The highest BCUT2D eigenvalue weighted by molar-refractivity contribution is 5.89. The van der Waals surface area contributed by atoms with Crippen LogP contribution in [0.2, 0.25) is 0 Å². The van der Waals surface area contributed by atoms with Crippen LogP contribution in [0.25, 0.3) is 0 Å². The highest BCUT2D eigenvalue weighted by Gasteiger charge is 2.51. The van der Waals surface area contributed by atoms with Gasteiger partial charge in [-0.15, -0.1) is 0 Å². The Labute approximate surface area is 138 Å². The van der Waals surface area contributed by atoms with Gasteiger partial charge in [0.2, 0.25) is 0 Å². The summed E-state index contributed by atoms with van der Waals surface area (Å²) in [5.74, 6) is 2.53. The lowest BCUT2D eigenvalue weighted by molar-refractivity contribution is -0.0127. The van der Waals surface area contributed by atoms with E-state index in [-0.39, 0.29) is 11.6 Å². The third-order valence-electron chi connectivity index (χ3n) is 6.03. The van der Waals surface area contributed by atoms with Gasteiger partial charge in [-0.3, -0.25) is 0 Å². The number of benzene rings is 1. The monoisotopic (exact) mass is 313 g/mol. The lowest BCUT2D eigenvalue weighted by atomic mass is 9.53. The van der Waals surface area contributed by atoms with Crippen LogP contribution < -0.4 is 16.4 Å². The van der Waals surface area contributed by atoms with Crippen LogP contribution in [0, 0.1) is 17.8 Å². The summed E-state index contributed by atoms with van der Waals surface area (Å²) in [6, 6.07) is 7.95. The van der Waals surface area contributed by atoms with Gasteiger partial charge in [0, 0.05) is 11.2 Å². The number of amides is 2. The molecule has 124 valence electrons. The lowest BCUT2D eigenvalue weighted by Crippen LogP contribution is -2.60. The van der Waals surface area contributed by atoms with Crippen molar-refractivity contribution in [3.8, 4) is 0 Å². The molecular formula is C19H27N3O. The number of hydrogen-bond donors (Lipinski definition) is 3. The van der Waals surface area contributed by atoms with E-state index in [2.05, 4.69) is 16.7 Å². The quantitative estimate of drug-likeness (QED) is 0.798. The smallest absolute Gasteiger partial charge is 0.319 e. The van der Waals surface area contributed by atoms with E-state index in [1.165, 1.54) is 44.1 Å². The molecule has 2 amide bonds. The molecule has 5 rings (SSSR count). The fraction of sp³-hybridized carbons (Fsp3) is 0.632. The molecule has 4 heteroatoms. The molecule has 0 radical (unpaired) electrons. The molecule has 4 nitrogen and oxygen atoms in total. The van der Waals surface area contributed by atoms with Gasteiger partial charge in [-0.2, -0.15) is 0 Å². The van der Waals surface area contributed by atoms with Gasteiger partial charge in [-0.05, 0) is 86.9 Å². The molecule has 0 heterocycles. The number of nitrogens with one attached hydrogen (secondary N) is 2. The maximum atomic E-state index is 12.5. The average molecular weight is 313 g/mol. The molecule has 0 atom stereocenters. The summed E-state index contributed by atoms with van der Waals surface area (Å²) in [4.78, 5) is 12.5. The van der Waals surface area contributed by atoms with Crippen LogP contribution in [0.5, 0.6) is 0 Å². The van der Waals surface area contributed by atoms with Crippen molar-refractivity contribution in [2.75, 3.05) is 11.9 Å². The molecule has 0 aromatic heterocycles. The van der Waals surface area contributed by atoms with Crippen LogP contribution in [0.3, 0.4) is 0 Å². The first kappa shape index (κ1) is 15.0. The Bertz CT molecular complexity index is 563. The summed E-state index contributed by atoms with van der Waals surface area (Å²) in [5, 5.41) is 6.37. The second-order valence-electron chi connectivity index (χ2n) is 8.02. The molecule has 4 N–H and O–H groups in total. The molecule has 4 fully saturated rings. The van der Waals surface area contributed by atoms with Gasteiger partial charge in [-0.25, -0.2) is 4.79 Å². The number of nitrogens with two attached hydrogens (primary N) is 1. The fourth-order valence-electron chi connectivity index (χ4n) is 5.64. The summed E-state index contributed by atoms with van der Waals surface area (Å²) >= 11 is 0. The molecule has 4 bridgehead atoms. The van der Waals surface area contributed by atoms with Crippen molar-refractivity contribution in [3.63, 3.8) is 0 Å². The molecule has 4 aliphatic rings. The first-order valence-corrected chi connectivity index (χ1v) is 9.02. The number of carbonyl (C=O) groups excluding carboxylic acids is 1. The minimum absolute atomic E-state index is 0.0446. The molecule has 1 aromatic rings. The minimum atomic E-state index is -0.0446. The molecular weight excluding hydrogens is 286 g/mol. The topological polar surface area (TPSA) is 67.1 Å². The Hall–Kier alpha value is -1.55. The van der Waals surface area contributed by atoms with Gasteiger partial charge < -0.3 is 16.4 Å². The highest BCUT2D eigenvalue weighted by Crippen LogP contribution is 2.55. The zero-order chi connectivity index (χ0) is 15.9. The van der Waals surface area contributed by atoms with Gasteiger partial charge in [-0.1, -0.05) is 12.1 Å². The number of urea groups is 1. The van der Waals surface area contributed by atoms with Gasteiger partial charge in [0.15, 0.2) is 0 Å². The van der Waals surface area contributed by atoms with Crippen LogP contribution in [-0.4, -0.2) is 18.1 Å². The molecule has 23 heavy (non-hydrogen) atoms. The molecule has 4 saturated carbocycles. The highest BCUT2D eigenvalue weighted by atomic mass is 16.2. The largest absolute Gasteiger partial charge is 0.332 e. The van der Waals surface area contributed by atoms with Crippen LogP contribution in [0.15, 0.2) is 24.3 Å². The second-order valence-corrected chi connectivity index (χ2v) is 8.02. The average Bonchev–Trinajstić information content (AvgIpc) is 2.45. The predicted octanol–water partition coefficient (Wildman–Crippen LogP) is 3.28. The summed E-state index contributed by atoms with van der Waals surface area (Å²) in [7, 11) is 0. The van der Waals surface area contributed by atoms with Crippen molar-refractivity contribution in [3.05, 3.63) is 29.8 Å². The number of carbonyl (C=O) groups is 1. The zero-order valence-corrected chi connectivity index (χ0v) is 13.7. The number of hydrogen-bond acceptors (Lipinski definition) is 2. The van der Waals surface area contributed by atoms with E-state index in [0.717, 1.165) is 29.9 Å². The van der Waals surface area contributed by atoms with Crippen molar-refractivity contribution in [1.82, 2.24) is 5.32 Å². The Morgan fingerprint density at radius 1 is 1.13 bits per heavy atom. The van der Waals surface area contributed by atoms with E-state index in [0.29, 0.717) is 6.54 Å². The molecule has 0 unspecified atom stereocenters. The van der Waals surface area contributed by atoms with Gasteiger partial charge in [0.05, 0.1) is 0 Å². The SMILES string of the molecule is NCCc1cccc(NC(=O)NC23CC4CC(CC(C4)C2)C3)c1. The van der Waals surface area contributed by atoms with E-state index < -0.39 is 0 Å². The van der Waals surface area contributed by atoms with Crippen LogP contribution in [0.4, 0.5) is 10.5 Å². The first-order chi connectivity index (χ1) is 11.1. The summed E-state index contributed by atoms with van der Waals surface area (Å²) in [6.07, 6.45) is 8.56. The molecule has 0 aliphatic heterocycles. The Morgan fingerprint density at radius 2 is 1.78 bits per heavy atom. The van der Waals surface area contributed by atoms with Gasteiger partial charge in [0.1, 0.15) is 0 Å². The van der Waals surface area contributed by atoms with E-state index in [1.807, 2.05) is 18.2 Å². The number of rotatable bonds is 4. The van der Waals surface area contributed by atoms with E-state index in [1.54, 1.807) is 0 Å². The lowest BCUT2D eigenvalue weighted by Gasteiger charge is -2.56. The fourth-order valence-corrected chi connectivity index (χ4v) is 5.64. The first-order valence-electron chi connectivity index (χ1n) is 9.02. The van der Waals surface area contributed by atoms with Crippen molar-refractivity contribution in [2.24, 2.45) is 23.5 Å². The molecule has 0 saturated heterocycles.